The number of nitrogens with zero attached hydrogens (tertiary/aromatic N) is 3. The Labute approximate surface area is 167 Å². The van der Waals surface area contributed by atoms with Crippen LogP contribution in [-0.4, -0.2) is 57.8 Å². The van der Waals surface area contributed by atoms with Crippen molar-refractivity contribution in [3.05, 3.63) is 17.7 Å². The number of amides is 1. The third-order valence-electron chi connectivity index (χ3n) is 5.58. The molecule has 0 spiro atoms. The Morgan fingerprint density at radius 1 is 1.38 bits per heavy atom. The molecule has 1 amide bonds. The van der Waals surface area contributed by atoms with E-state index in [0.29, 0.717) is 28.2 Å². The molecule has 1 saturated carbocycles. The summed E-state index contributed by atoms with van der Waals surface area (Å²) in [6.45, 7) is 5.86. The molecule has 9 heteroatoms. The molecule has 29 heavy (non-hydrogen) atoms. The lowest BCUT2D eigenvalue weighted by Crippen LogP contribution is -2.46. The van der Waals surface area contributed by atoms with Gasteiger partial charge in [0, 0.05) is 12.1 Å². The number of esters is 1. The van der Waals surface area contributed by atoms with Crippen LogP contribution in [0.25, 0.3) is 11.1 Å². The van der Waals surface area contributed by atoms with Gasteiger partial charge in [-0.15, -0.1) is 0 Å². The van der Waals surface area contributed by atoms with Crippen molar-refractivity contribution < 1.29 is 23.5 Å². The largest absolute Gasteiger partial charge is 0.465 e. The molecule has 9 nitrogen and oxygen atoms in total. The lowest BCUT2D eigenvalue weighted by Gasteiger charge is -2.29. The van der Waals surface area contributed by atoms with Crippen molar-refractivity contribution in [2.45, 2.75) is 45.6 Å². The van der Waals surface area contributed by atoms with Crippen LogP contribution < -0.4 is 5.32 Å². The van der Waals surface area contributed by atoms with Gasteiger partial charge in [0.2, 0.25) is 5.71 Å². The van der Waals surface area contributed by atoms with Crippen molar-refractivity contribution in [1.82, 2.24) is 14.9 Å². The summed E-state index contributed by atoms with van der Waals surface area (Å²) in [6, 6.07) is 0. The zero-order chi connectivity index (χ0) is 20.8. The molecule has 1 saturated heterocycles. The summed E-state index contributed by atoms with van der Waals surface area (Å²) in [7, 11) is 0. The van der Waals surface area contributed by atoms with Gasteiger partial charge in [-0.05, 0) is 40.0 Å². The average Bonchev–Trinajstić information content (AvgIpc) is 3.29. The predicted octanol–water partition coefficient (Wildman–Crippen LogP) is 2.09. The van der Waals surface area contributed by atoms with Crippen molar-refractivity contribution in [3.8, 4) is 0 Å². The van der Waals surface area contributed by atoms with Crippen molar-refractivity contribution >= 4 is 34.6 Å². The number of hydrogen-bond acceptors (Lipinski definition) is 8. The van der Waals surface area contributed by atoms with E-state index < -0.39 is 11.9 Å². The van der Waals surface area contributed by atoms with E-state index >= 15 is 0 Å². The van der Waals surface area contributed by atoms with Gasteiger partial charge in [0.25, 0.3) is 5.91 Å². The highest BCUT2D eigenvalue weighted by Gasteiger charge is 2.40. The molecule has 3 heterocycles. The van der Waals surface area contributed by atoms with E-state index in [1.807, 2.05) is 0 Å². The monoisotopic (exact) mass is 400 g/mol. The van der Waals surface area contributed by atoms with Crippen LogP contribution in [0.1, 0.15) is 49.2 Å². The van der Waals surface area contributed by atoms with Crippen molar-refractivity contribution in [2.75, 3.05) is 25.0 Å². The van der Waals surface area contributed by atoms with Gasteiger partial charge in [-0.1, -0.05) is 0 Å². The normalized spacial score (nSPS) is 20.6. The third-order valence-corrected chi connectivity index (χ3v) is 5.58. The first-order valence-corrected chi connectivity index (χ1v) is 9.84. The predicted molar refractivity (Wildman–Crippen MR) is 103 cm³/mol. The molecule has 0 radical (unpaired) electrons. The van der Waals surface area contributed by atoms with E-state index in [0.717, 1.165) is 12.8 Å². The Kier molecular flexibility index (Phi) is 4.76. The van der Waals surface area contributed by atoms with E-state index in [2.05, 4.69) is 22.2 Å². The van der Waals surface area contributed by atoms with Crippen LogP contribution in [0.15, 0.2) is 10.7 Å². The molecule has 0 aromatic carbocycles. The SMILES string of the molecule is CCOC(=O)C1CCN(C(=O)c2c(C)oc3ncnc(NC4(C)CC4)c23)CC1=O. The van der Waals surface area contributed by atoms with Crippen LogP contribution in [-0.2, 0) is 14.3 Å². The second-order valence-corrected chi connectivity index (χ2v) is 7.91. The van der Waals surface area contributed by atoms with Gasteiger partial charge in [-0.25, -0.2) is 9.97 Å². The number of likely N-dealkylation sites (tertiary alicyclic amines) is 1. The Bertz CT molecular complexity index is 994. The third kappa shape index (κ3) is 3.56. The summed E-state index contributed by atoms with van der Waals surface area (Å²) in [4.78, 5) is 47.6. The number of ether oxygens (including phenoxy) is 1. The number of ketones is 1. The lowest BCUT2D eigenvalue weighted by molar-refractivity contribution is -0.153. The van der Waals surface area contributed by atoms with Crippen molar-refractivity contribution in [1.29, 1.82) is 0 Å². The summed E-state index contributed by atoms with van der Waals surface area (Å²) in [5, 5.41) is 3.91. The maximum atomic E-state index is 13.3. The van der Waals surface area contributed by atoms with Gasteiger partial charge in [0.15, 0.2) is 5.78 Å². The number of rotatable bonds is 5. The van der Waals surface area contributed by atoms with Gasteiger partial charge in [-0.3, -0.25) is 14.4 Å². The van der Waals surface area contributed by atoms with E-state index in [1.54, 1.807) is 13.8 Å². The number of piperidine rings is 1. The number of aromatic nitrogens is 2. The number of hydrogen-bond donors (Lipinski definition) is 1. The molecule has 1 unspecified atom stereocenters. The number of furan rings is 1. The minimum atomic E-state index is -0.809. The molecule has 2 aromatic rings. The minimum absolute atomic E-state index is 0.0409. The van der Waals surface area contributed by atoms with E-state index in [-0.39, 0.29) is 43.3 Å². The number of nitrogens with one attached hydrogen (secondary N) is 1. The number of anilines is 1. The highest BCUT2D eigenvalue weighted by Crippen LogP contribution is 2.40. The lowest BCUT2D eigenvalue weighted by atomic mass is 9.95. The molecule has 1 N–H and O–H groups in total. The maximum Gasteiger partial charge on any atom is 0.316 e. The summed E-state index contributed by atoms with van der Waals surface area (Å²) < 4.78 is 10.7. The summed E-state index contributed by atoms with van der Waals surface area (Å²) in [6.07, 6.45) is 3.70. The first kappa shape index (κ1) is 19.4. The van der Waals surface area contributed by atoms with E-state index in [1.165, 1.54) is 11.2 Å². The molecule has 1 aliphatic heterocycles. The fourth-order valence-corrected chi connectivity index (χ4v) is 3.64. The van der Waals surface area contributed by atoms with Gasteiger partial charge in [-0.2, -0.15) is 0 Å². The number of carbonyl (C=O) groups excluding carboxylic acids is 3. The second kappa shape index (κ2) is 7.13. The van der Waals surface area contributed by atoms with Gasteiger partial charge < -0.3 is 19.4 Å². The van der Waals surface area contributed by atoms with Gasteiger partial charge >= 0.3 is 5.97 Å². The Morgan fingerprint density at radius 3 is 2.79 bits per heavy atom. The molecule has 1 aliphatic carbocycles. The van der Waals surface area contributed by atoms with Crippen LogP contribution in [0.2, 0.25) is 0 Å². The average molecular weight is 400 g/mol. The zero-order valence-electron chi connectivity index (χ0n) is 16.8. The molecule has 4 rings (SSSR count). The molecule has 1 atom stereocenters. The highest BCUT2D eigenvalue weighted by atomic mass is 16.5. The van der Waals surface area contributed by atoms with Crippen LogP contribution in [0.5, 0.6) is 0 Å². The van der Waals surface area contributed by atoms with Crippen LogP contribution in [0.3, 0.4) is 0 Å². The number of aryl methyl sites for hydroxylation is 1. The topological polar surface area (TPSA) is 115 Å². The molecule has 154 valence electrons. The first-order chi connectivity index (χ1) is 13.8. The fraction of sp³-hybridized carbons (Fsp3) is 0.550. The van der Waals surface area contributed by atoms with Gasteiger partial charge in [0.1, 0.15) is 23.8 Å². The quantitative estimate of drug-likeness (QED) is 0.599. The van der Waals surface area contributed by atoms with E-state index in [9.17, 15) is 14.4 Å². The van der Waals surface area contributed by atoms with Crippen LogP contribution >= 0.6 is 0 Å². The van der Waals surface area contributed by atoms with Crippen molar-refractivity contribution in [3.63, 3.8) is 0 Å². The van der Waals surface area contributed by atoms with E-state index in [4.69, 9.17) is 9.15 Å². The zero-order valence-corrected chi connectivity index (χ0v) is 16.8. The minimum Gasteiger partial charge on any atom is -0.465 e. The van der Waals surface area contributed by atoms with Gasteiger partial charge in [0.05, 0.1) is 24.1 Å². The number of Topliss-reactive ketones (excluding diaryl/α,β-unsaturated/α-hetero) is 1. The molecular weight excluding hydrogens is 376 g/mol. The molecular formula is C20H24N4O5. The Morgan fingerprint density at radius 2 is 2.14 bits per heavy atom. The number of fused-ring (bicyclic) bond motifs is 1. The molecule has 2 aromatic heterocycles. The Hall–Kier alpha value is -2.97. The number of carbonyl (C=O) groups is 3. The summed E-state index contributed by atoms with van der Waals surface area (Å²) >= 11 is 0. The smallest absolute Gasteiger partial charge is 0.316 e. The highest BCUT2D eigenvalue weighted by molar-refractivity contribution is 6.11. The van der Waals surface area contributed by atoms with Crippen LogP contribution in [0, 0.1) is 12.8 Å². The fourth-order valence-electron chi connectivity index (χ4n) is 3.64. The Balaban J connectivity index is 1.61. The molecule has 2 aliphatic rings. The summed E-state index contributed by atoms with van der Waals surface area (Å²) in [5.41, 5.74) is 0.649. The van der Waals surface area contributed by atoms with Crippen LogP contribution in [0.4, 0.5) is 5.82 Å². The molecule has 0 bridgehead atoms. The standard InChI is InChI=1S/C20H24N4O5/c1-4-28-19(27)12-5-8-24(9-13(12)25)18(26)14-11(2)29-17-15(14)16(21-10-22-17)23-20(3)6-7-20/h10,12H,4-9H2,1-3H3,(H,21,22,23). The maximum absolute atomic E-state index is 13.3. The first-order valence-electron chi connectivity index (χ1n) is 9.84. The van der Waals surface area contributed by atoms with Crippen molar-refractivity contribution in [2.24, 2.45) is 5.92 Å². The molecule has 2 fully saturated rings. The summed E-state index contributed by atoms with van der Waals surface area (Å²) in [5.74, 6) is -0.981. The second-order valence-electron chi connectivity index (χ2n) is 7.91.